The monoisotopic (exact) mass is 891 g/mol. The number of carbonyl (C=O) groups excluding carboxylic acids is 3. The summed E-state index contributed by atoms with van der Waals surface area (Å²) in [5, 5.41) is 0. The van der Waals surface area contributed by atoms with Crippen molar-refractivity contribution < 1.29 is 28.6 Å². The van der Waals surface area contributed by atoms with Crippen LogP contribution in [0.15, 0.2) is 85.1 Å². The lowest BCUT2D eigenvalue weighted by Gasteiger charge is -2.18. The molecule has 0 saturated heterocycles. The molecule has 0 spiro atoms. The molecule has 0 aromatic heterocycles. The zero-order chi connectivity index (χ0) is 46.5. The molecule has 0 rings (SSSR count). The third kappa shape index (κ3) is 49.6. The van der Waals surface area contributed by atoms with Gasteiger partial charge in [-0.15, -0.1) is 0 Å². The fourth-order valence-corrected chi connectivity index (χ4v) is 7.15. The smallest absolute Gasteiger partial charge is 0.306 e. The lowest BCUT2D eigenvalue weighted by atomic mass is 10.1. The summed E-state index contributed by atoms with van der Waals surface area (Å²) >= 11 is 0. The Kier molecular flexibility index (Phi) is 49.4. The van der Waals surface area contributed by atoms with Crippen molar-refractivity contribution in [2.24, 2.45) is 0 Å². The highest BCUT2D eigenvalue weighted by molar-refractivity contribution is 5.71. The summed E-state index contributed by atoms with van der Waals surface area (Å²) in [6, 6.07) is 0. The fraction of sp³-hybridized carbons (Fsp3) is 0.707. The minimum atomic E-state index is -0.789. The molecular weight excluding hydrogens is 793 g/mol. The van der Waals surface area contributed by atoms with Crippen LogP contribution < -0.4 is 0 Å². The van der Waals surface area contributed by atoms with Gasteiger partial charge >= 0.3 is 17.9 Å². The average Bonchev–Trinajstić information content (AvgIpc) is 3.29. The van der Waals surface area contributed by atoms with Gasteiger partial charge in [0.15, 0.2) is 6.10 Å². The molecule has 0 heterocycles. The molecule has 0 N–H and O–H groups in total. The molecule has 0 saturated carbocycles. The standard InChI is InChI=1S/C58H98O6/c1-4-7-10-13-16-19-22-24-25-26-27-28-29-30-31-32-33-35-36-39-42-45-48-51-57(60)63-54-55(53-62-56(59)50-47-44-41-38-21-18-15-12-9-6-3)64-58(61)52-49-46-43-40-37-34-23-20-17-14-11-8-5-2/h7,10,16,19-20,23-25,27-28,30-31,33,35,55H,4-6,8-9,11-15,17-18,21-22,26,29,32,34,36-54H2,1-3H3/b10-7-,19-16-,23-20-,25-24-,28-27-,31-30-,35-33-. The van der Waals surface area contributed by atoms with Crippen molar-refractivity contribution in [3.8, 4) is 0 Å². The van der Waals surface area contributed by atoms with E-state index in [0.717, 1.165) is 122 Å². The predicted octanol–water partition coefficient (Wildman–Crippen LogP) is 17.6. The van der Waals surface area contributed by atoms with E-state index in [1.807, 2.05) is 0 Å². The van der Waals surface area contributed by atoms with Crippen LogP contribution in [0.5, 0.6) is 0 Å². The lowest BCUT2D eigenvalue weighted by Crippen LogP contribution is -2.30. The van der Waals surface area contributed by atoms with E-state index in [-0.39, 0.29) is 31.1 Å². The molecule has 0 amide bonds. The number of hydrogen-bond donors (Lipinski definition) is 0. The van der Waals surface area contributed by atoms with Gasteiger partial charge in [-0.2, -0.15) is 0 Å². The van der Waals surface area contributed by atoms with E-state index in [0.29, 0.717) is 19.3 Å². The van der Waals surface area contributed by atoms with Gasteiger partial charge in [0.05, 0.1) is 0 Å². The number of allylic oxidation sites excluding steroid dienone is 14. The van der Waals surface area contributed by atoms with Gasteiger partial charge < -0.3 is 14.2 Å². The maximum absolute atomic E-state index is 12.8. The summed E-state index contributed by atoms with van der Waals surface area (Å²) in [4.78, 5) is 37.9. The summed E-state index contributed by atoms with van der Waals surface area (Å²) in [6.45, 7) is 6.46. The van der Waals surface area contributed by atoms with Crippen LogP contribution in [0.25, 0.3) is 0 Å². The molecule has 0 aliphatic rings. The number of esters is 3. The molecule has 366 valence electrons. The van der Waals surface area contributed by atoms with Crippen molar-refractivity contribution in [1.29, 1.82) is 0 Å². The molecule has 0 aromatic carbocycles. The highest BCUT2D eigenvalue weighted by Gasteiger charge is 2.19. The summed E-state index contributed by atoms with van der Waals surface area (Å²) < 4.78 is 16.8. The van der Waals surface area contributed by atoms with E-state index in [4.69, 9.17) is 14.2 Å². The van der Waals surface area contributed by atoms with Gasteiger partial charge in [0, 0.05) is 19.3 Å². The number of ether oxygens (including phenoxy) is 3. The Balaban J connectivity index is 4.36. The van der Waals surface area contributed by atoms with Gasteiger partial charge in [-0.3, -0.25) is 14.4 Å². The zero-order valence-electron chi connectivity index (χ0n) is 41.8. The topological polar surface area (TPSA) is 78.9 Å². The van der Waals surface area contributed by atoms with Crippen LogP contribution in [0.3, 0.4) is 0 Å². The van der Waals surface area contributed by atoms with Crippen LogP contribution >= 0.6 is 0 Å². The van der Waals surface area contributed by atoms with Crippen molar-refractivity contribution in [3.05, 3.63) is 85.1 Å². The normalized spacial score (nSPS) is 12.7. The molecule has 0 radical (unpaired) electrons. The van der Waals surface area contributed by atoms with Crippen LogP contribution in [0.4, 0.5) is 0 Å². The van der Waals surface area contributed by atoms with Gasteiger partial charge in [-0.25, -0.2) is 0 Å². The third-order valence-corrected chi connectivity index (χ3v) is 11.1. The van der Waals surface area contributed by atoms with Crippen LogP contribution in [0, 0.1) is 0 Å². The predicted molar refractivity (Wildman–Crippen MR) is 274 cm³/mol. The minimum Gasteiger partial charge on any atom is -0.462 e. The molecule has 6 heteroatoms. The third-order valence-electron chi connectivity index (χ3n) is 11.1. The molecule has 0 fully saturated rings. The molecule has 0 aliphatic heterocycles. The number of unbranched alkanes of at least 4 members (excludes halogenated alkanes) is 22. The second kappa shape index (κ2) is 52.2. The van der Waals surface area contributed by atoms with Crippen molar-refractivity contribution >= 4 is 17.9 Å². The first-order valence-corrected chi connectivity index (χ1v) is 26.6. The number of carbonyl (C=O) groups is 3. The molecular formula is C58H98O6. The summed E-state index contributed by atoms with van der Waals surface area (Å²) in [7, 11) is 0. The molecule has 0 bridgehead atoms. The van der Waals surface area contributed by atoms with Crippen LogP contribution in [-0.4, -0.2) is 37.2 Å². The van der Waals surface area contributed by atoms with Crippen molar-refractivity contribution in [2.75, 3.05) is 13.2 Å². The fourth-order valence-electron chi connectivity index (χ4n) is 7.15. The van der Waals surface area contributed by atoms with E-state index in [1.165, 1.54) is 83.5 Å². The quantitative estimate of drug-likeness (QED) is 0.0262. The van der Waals surface area contributed by atoms with Gasteiger partial charge in [0.1, 0.15) is 13.2 Å². The molecule has 1 unspecified atom stereocenters. The average molecular weight is 891 g/mol. The maximum Gasteiger partial charge on any atom is 0.306 e. The Morgan fingerprint density at radius 2 is 0.609 bits per heavy atom. The van der Waals surface area contributed by atoms with Crippen molar-refractivity contribution in [3.63, 3.8) is 0 Å². The zero-order valence-corrected chi connectivity index (χ0v) is 41.8. The number of rotatable bonds is 47. The highest BCUT2D eigenvalue weighted by atomic mass is 16.6. The van der Waals surface area contributed by atoms with Gasteiger partial charge in [-0.05, 0) is 96.3 Å². The van der Waals surface area contributed by atoms with E-state index >= 15 is 0 Å². The first kappa shape index (κ1) is 60.6. The Morgan fingerprint density at radius 3 is 0.984 bits per heavy atom. The van der Waals surface area contributed by atoms with E-state index < -0.39 is 6.10 Å². The van der Waals surface area contributed by atoms with Crippen LogP contribution in [0.1, 0.15) is 245 Å². The maximum atomic E-state index is 12.8. The molecule has 0 aromatic rings. The molecule has 6 nitrogen and oxygen atoms in total. The van der Waals surface area contributed by atoms with E-state index in [9.17, 15) is 14.4 Å². The van der Waals surface area contributed by atoms with E-state index in [1.54, 1.807) is 0 Å². The van der Waals surface area contributed by atoms with Crippen LogP contribution in [-0.2, 0) is 28.6 Å². The summed E-state index contributed by atoms with van der Waals surface area (Å²) in [5.74, 6) is -0.923. The van der Waals surface area contributed by atoms with Crippen molar-refractivity contribution in [2.45, 2.75) is 252 Å². The molecule has 64 heavy (non-hydrogen) atoms. The Morgan fingerprint density at radius 1 is 0.328 bits per heavy atom. The molecule has 1 atom stereocenters. The lowest BCUT2D eigenvalue weighted by molar-refractivity contribution is -0.167. The SMILES string of the molecule is CC/C=C\C/C=C\C/C=C\C/C=C\C/C=C\C/C=C\CCCCCCC(=O)OCC(COC(=O)CCCCCCCCCCCC)OC(=O)CCCCCCC/C=C\CCCCCC. The van der Waals surface area contributed by atoms with Crippen LogP contribution in [0.2, 0.25) is 0 Å². The summed E-state index contributed by atoms with van der Waals surface area (Å²) in [5.41, 5.74) is 0. The van der Waals surface area contributed by atoms with Crippen molar-refractivity contribution in [1.82, 2.24) is 0 Å². The van der Waals surface area contributed by atoms with E-state index in [2.05, 4.69) is 106 Å². The second-order valence-corrected chi connectivity index (χ2v) is 17.4. The van der Waals surface area contributed by atoms with Gasteiger partial charge in [0.2, 0.25) is 0 Å². The first-order valence-electron chi connectivity index (χ1n) is 26.6. The molecule has 0 aliphatic carbocycles. The Labute approximate surface area is 395 Å². The number of hydrogen-bond acceptors (Lipinski definition) is 6. The Bertz CT molecular complexity index is 1250. The Hall–Kier alpha value is -3.41. The second-order valence-electron chi connectivity index (χ2n) is 17.4. The largest absolute Gasteiger partial charge is 0.462 e. The summed E-state index contributed by atoms with van der Waals surface area (Å²) in [6.07, 6.45) is 67.1. The van der Waals surface area contributed by atoms with Gasteiger partial charge in [-0.1, -0.05) is 215 Å². The highest BCUT2D eigenvalue weighted by Crippen LogP contribution is 2.14. The minimum absolute atomic E-state index is 0.0870. The van der Waals surface area contributed by atoms with Gasteiger partial charge in [0.25, 0.3) is 0 Å². The first-order chi connectivity index (χ1) is 31.5.